The molecule has 1 unspecified atom stereocenters. The molecule has 12 heavy (non-hydrogen) atoms. The number of ketones is 1. The number of thiophene rings is 1. The van der Waals surface area contributed by atoms with Crippen LogP contribution in [0, 0.1) is 0 Å². The fourth-order valence-corrected chi connectivity index (χ4v) is 1.96. The fraction of sp³-hybridized carbons (Fsp3) is 0.444. The standard InChI is InChI=1S/C9H13NOS/c1-3-10-9(7(2)11)8-5-4-6-12-8/h4-6,9-10H,3H2,1-2H3. The quantitative estimate of drug-likeness (QED) is 0.773. The van der Waals surface area contributed by atoms with Gasteiger partial charge in [-0.25, -0.2) is 0 Å². The monoisotopic (exact) mass is 183 g/mol. The molecule has 2 nitrogen and oxygen atoms in total. The average molecular weight is 183 g/mol. The Morgan fingerprint density at radius 1 is 1.75 bits per heavy atom. The van der Waals surface area contributed by atoms with E-state index < -0.39 is 0 Å². The van der Waals surface area contributed by atoms with Gasteiger partial charge < -0.3 is 5.32 Å². The number of carbonyl (C=O) groups excluding carboxylic acids is 1. The fourth-order valence-electron chi connectivity index (χ4n) is 1.10. The van der Waals surface area contributed by atoms with Gasteiger partial charge in [0.25, 0.3) is 0 Å². The molecule has 0 radical (unpaired) electrons. The van der Waals surface area contributed by atoms with E-state index in [1.54, 1.807) is 18.3 Å². The van der Waals surface area contributed by atoms with Crippen LogP contribution in [0.4, 0.5) is 0 Å². The van der Waals surface area contributed by atoms with E-state index in [-0.39, 0.29) is 11.8 Å². The van der Waals surface area contributed by atoms with Crippen molar-refractivity contribution in [1.82, 2.24) is 5.32 Å². The first kappa shape index (κ1) is 9.42. The molecule has 0 bridgehead atoms. The molecular formula is C9H13NOS. The largest absolute Gasteiger partial charge is 0.303 e. The van der Waals surface area contributed by atoms with Gasteiger partial charge >= 0.3 is 0 Å². The molecule has 1 aromatic rings. The van der Waals surface area contributed by atoms with Gasteiger partial charge in [-0.15, -0.1) is 11.3 Å². The van der Waals surface area contributed by atoms with Gasteiger partial charge in [-0.2, -0.15) is 0 Å². The number of carbonyl (C=O) groups is 1. The first-order valence-corrected chi connectivity index (χ1v) is 4.91. The van der Waals surface area contributed by atoms with E-state index in [1.807, 2.05) is 24.4 Å². The zero-order chi connectivity index (χ0) is 8.97. The number of rotatable bonds is 4. The third kappa shape index (κ3) is 2.16. The van der Waals surface area contributed by atoms with Crippen molar-refractivity contribution in [1.29, 1.82) is 0 Å². The number of hydrogen-bond acceptors (Lipinski definition) is 3. The number of nitrogens with one attached hydrogen (secondary N) is 1. The minimum Gasteiger partial charge on any atom is -0.303 e. The highest BCUT2D eigenvalue weighted by Gasteiger charge is 2.15. The summed E-state index contributed by atoms with van der Waals surface area (Å²) in [4.78, 5) is 12.3. The SMILES string of the molecule is CCNC(C(C)=O)c1cccs1. The van der Waals surface area contributed by atoms with Crippen LogP contribution in [0.15, 0.2) is 17.5 Å². The van der Waals surface area contributed by atoms with Gasteiger partial charge in [0, 0.05) is 4.88 Å². The van der Waals surface area contributed by atoms with Gasteiger partial charge in [0.15, 0.2) is 5.78 Å². The Labute approximate surface area is 76.6 Å². The predicted molar refractivity (Wildman–Crippen MR) is 51.4 cm³/mol. The van der Waals surface area contributed by atoms with Crippen LogP contribution in [0.25, 0.3) is 0 Å². The summed E-state index contributed by atoms with van der Waals surface area (Å²) in [6, 6.07) is 3.85. The number of hydrogen-bond donors (Lipinski definition) is 1. The summed E-state index contributed by atoms with van der Waals surface area (Å²) in [5, 5.41) is 5.13. The lowest BCUT2D eigenvalue weighted by atomic mass is 10.2. The van der Waals surface area contributed by atoms with Gasteiger partial charge in [0.1, 0.15) is 6.04 Å². The zero-order valence-corrected chi connectivity index (χ0v) is 8.15. The Morgan fingerprint density at radius 3 is 2.92 bits per heavy atom. The molecule has 0 aromatic carbocycles. The van der Waals surface area contributed by atoms with Crippen molar-refractivity contribution in [3.05, 3.63) is 22.4 Å². The first-order chi connectivity index (χ1) is 5.75. The molecule has 0 fully saturated rings. The molecule has 0 aliphatic heterocycles. The van der Waals surface area contributed by atoms with E-state index in [0.717, 1.165) is 11.4 Å². The molecule has 1 heterocycles. The second-order valence-corrected chi connectivity index (χ2v) is 3.60. The minimum atomic E-state index is -0.102. The van der Waals surface area contributed by atoms with Crippen LogP contribution < -0.4 is 5.32 Å². The van der Waals surface area contributed by atoms with Crippen molar-refractivity contribution >= 4 is 17.1 Å². The van der Waals surface area contributed by atoms with Crippen molar-refractivity contribution in [2.75, 3.05) is 6.54 Å². The van der Waals surface area contributed by atoms with Crippen molar-refractivity contribution in [3.8, 4) is 0 Å². The molecule has 0 saturated carbocycles. The van der Waals surface area contributed by atoms with Crippen molar-refractivity contribution in [3.63, 3.8) is 0 Å². The van der Waals surface area contributed by atoms with Crippen LogP contribution >= 0.6 is 11.3 Å². The van der Waals surface area contributed by atoms with E-state index in [2.05, 4.69) is 5.32 Å². The molecule has 66 valence electrons. The van der Waals surface area contributed by atoms with Crippen molar-refractivity contribution < 1.29 is 4.79 Å². The molecule has 1 N–H and O–H groups in total. The van der Waals surface area contributed by atoms with Gasteiger partial charge in [0.05, 0.1) is 0 Å². The lowest BCUT2D eigenvalue weighted by Crippen LogP contribution is -2.25. The molecule has 3 heteroatoms. The molecule has 1 aromatic heterocycles. The predicted octanol–water partition coefficient (Wildman–Crippen LogP) is 1.99. The highest BCUT2D eigenvalue weighted by atomic mass is 32.1. The van der Waals surface area contributed by atoms with Gasteiger partial charge in [-0.05, 0) is 24.9 Å². The molecular weight excluding hydrogens is 170 g/mol. The smallest absolute Gasteiger partial charge is 0.152 e. The average Bonchev–Trinajstić information content (AvgIpc) is 2.51. The van der Waals surface area contributed by atoms with Crippen LogP contribution in [0.3, 0.4) is 0 Å². The molecule has 0 aliphatic rings. The molecule has 1 rings (SSSR count). The van der Waals surface area contributed by atoms with Gasteiger partial charge in [0.2, 0.25) is 0 Å². The Morgan fingerprint density at radius 2 is 2.50 bits per heavy atom. The lowest BCUT2D eigenvalue weighted by molar-refractivity contribution is -0.119. The van der Waals surface area contributed by atoms with Crippen molar-refractivity contribution in [2.45, 2.75) is 19.9 Å². The molecule has 0 spiro atoms. The van der Waals surface area contributed by atoms with Crippen LogP contribution in [0.1, 0.15) is 24.8 Å². The summed E-state index contributed by atoms with van der Waals surface area (Å²) < 4.78 is 0. The number of likely N-dealkylation sites (N-methyl/N-ethyl adjacent to an activating group) is 1. The Hall–Kier alpha value is -0.670. The summed E-state index contributed by atoms with van der Waals surface area (Å²) in [6.07, 6.45) is 0. The maximum Gasteiger partial charge on any atom is 0.152 e. The van der Waals surface area contributed by atoms with Gasteiger partial charge in [-0.3, -0.25) is 4.79 Å². The van der Waals surface area contributed by atoms with Crippen LogP contribution in [-0.2, 0) is 4.79 Å². The molecule has 0 amide bonds. The summed E-state index contributed by atoms with van der Waals surface area (Å²) in [5.74, 6) is 0.180. The summed E-state index contributed by atoms with van der Waals surface area (Å²) >= 11 is 1.62. The Kier molecular flexibility index (Phi) is 3.44. The second-order valence-electron chi connectivity index (χ2n) is 2.62. The van der Waals surface area contributed by atoms with E-state index in [4.69, 9.17) is 0 Å². The highest BCUT2D eigenvalue weighted by molar-refractivity contribution is 7.10. The third-order valence-corrected chi connectivity index (χ3v) is 2.58. The topological polar surface area (TPSA) is 29.1 Å². The van der Waals surface area contributed by atoms with E-state index in [0.29, 0.717) is 0 Å². The Balaban J connectivity index is 2.73. The summed E-state index contributed by atoms with van der Waals surface area (Å²) in [6.45, 7) is 4.44. The maximum atomic E-state index is 11.2. The Bertz CT molecular complexity index is 243. The van der Waals surface area contributed by atoms with Gasteiger partial charge in [-0.1, -0.05) is 13.0 Å². The lowest BCUT2D eigenvalue weighted by Gasteiger charge is -2.11. The maximum absolute atomic E-state index is 11.2. The minimum absolute atomic E-state index is 0.102. The third-order valence-electron chi connectivity index (χ3n) is 1.64. The second kappa shape index (κ2) is 4.38. The van der Waals surface area contributed by atoms with Crippen LogP contribution in [0.2, 0.25) is 0 Å². The van der Waals surface area contributed by atoms with E-state index in [1.165, 1.54) is 0 Å². The van der Waals surface area contributed by atoms with E-state index in [9.17, 15) is 4.79 Å². The molecule has 0 aliphatic carbocycles. The van der Waals surface area contributed by atoms with Crippen molar-refractivity contribution in [2.24, 2.45) is 0 Å². The molecule has 0 saturated heterocycles. The summed E-state index contributed by atoms with van der Waals surface area (Å²) in [7, 11) is 0. The normalized spacial score (nSPS) is 12.8. The van der Waals surface area contributed by atoms with E-state index >= 15 is 0 Å². The summed E-state index contributed by atoms with van der Waals surface area (Å²) in [5.41, 5.74) is 0. The zero-order valence-electron chi connectivity index (χ0n) is 7.33. The first-order valence-electron chi connectivity index (χ1n) is 4.03. The number of Topliss-reactive ketones (excluding diaryl/α,β-unsaturated/α-hetero) is 1. The highest BCUT2D eigenvalue weighted by Crippen LogP contribution is 2.19. The van der Waals surface area contributed by atoms with Crippen LogP contribution in [-0.4, -0.2) is 12.3 Å². The van der Waals surface area contributed by atoms with Crippen LogP contribution in [0.5, 0.6) is 0 Å². The molecule has 1 atom stereocenters.